The number of pyridine rings is 1. The molecule has 0 unspecified atom stereocenters. The second-order valence-electron chi connectivity index (χ2n) is 1.93. The monoisotopic (exact) mass is 161 g/mol. The third kappa shape index (κ3) is 4.15. The Hall–Kier alpha value is -0.363. The van der Waals surface area contributed by atoms with Crippen LogP contribution >= 0.6 is 12.2 Å². The molecule has 0 aliphatic carbocycles. The normalized spacial score (nSPS) is 8.36. The fourth-order valence-corrected chi connectivity index (χ4v) is 0.842. The quantitative estimate of drug-likeness (QED) is 0.516. The minimum absolute atomic E-state index is 0. The van der Waals surface area contributed by atoms with Crippen molar-refractivity contribution < 1.29 is 5.11 Å². The Morgan fingerprint density at radius 3 is 2.45 bits per heavy atom. The fraction of sp³-hybridized carbons (Fsp3) is 0.143. The molecule has 0 bridgehead atoms. The summed E-state index contributed by atoms with van der Waals surface area (Å²) in [6.45, 7) is 0. The van der Waals surface area contributed by atoms with E-state index in [4.69, 9.17) is 5.11 Å². The van der Waals surface area contributed by atoms with Crippen LogP contribution in [0.25, 0.3) is 0 Å². The molecule has 2 nitrogen and oxygen atoms in total. The second kappa shape index (κ2) is 5.31. The Morgan fingerprint density at radius 2 is 2.00 bits per heavy atom. The van der Waals surface area contributed by atoms with E-state index in [1.165, 1.54) is 0 Å². The summed E-state index contributed by atoms with van der Waals surface area (Å²) in [6, 6.07) is 3.64. The van der Waals surface area contributed by atoms with Crippen molar-refractivity contribution in [2.45, 2.75) is 6.42 Å². The summed E-state index contributed by atoms with van der Waals surface area (Å²) in [5.74, 6) is 0. The third-order valence-corrected chi connectivity index (χ3v) is 1.25. The van der Waals surface area contributed by atoms with E-state index in [-0.39, 0.29) is 23.9 Å². The molecule has 0 saturated carbocycles. The van der Waals surface area contributed by atoms with E-state index in [1.54, 1.807) is 12.4 Å². The Bertz CT molecular complexity index is 227. The van der Waals surface area contributed by atoms with E-state index >= 15 is 0 Å². The van der Waals surface area contributed by atoms with Crippen LogP contribution in [0.3, 0.4) is 0 Å². The van der Waals surface area contributed by atoms with E-state index < -0.39 is 0 Å². The van der Waals surface area contributed by atoms with Gasteiger partial charge >= 0.3 is 18.9 Å². The first-order valence-electron chi connectivity index (χ1n) is 2.90. The molecule has 0 aromatic carbocycles. The molecule has 0 aliphatic rings. The molecule has 0 amide bonds. The zero-order chi connectivity index (χ0) is 7.40. The van der Waals surface area contributed by atoms with Crippen LogP contribution in [0.4, 0.5) is 0 Å². The van der Waals surface area contributed by atoms with Crippen LogP contribution in [-0.2, 0) is 6.42 Å². The van der Waals surface area contributed by atoms with Crippen molar-refractivity contribution in [3.05, 3.63) is 30.1 Å². The third-order valence-electron chi connectivity index (χ3n) is 1.10. The summed E-state index contributed by atoms with van der Waals surface area (Å²) in [6.07, 6.45) is 3.79. The molecule has 1 N–H and O–H groups in total. The summed E-state index contributed by atoms with van der Waals surface area (Å²) >= 11 is 4.51. The van der Waals surface area contributed by atoms with Gasteiger partial charge in [0.25, 0.3) is 0 Å². The number of hydrogen-bond donors (Lipinski definition) is 1. The Kier molecular flexibility index (Phi) is 5.13. The van der Waals surface area contributed by atoms with Gasteiger partial charge in [0, 0.05) is 18.8 Å². The van der Waals surface area contributed by atoms with Gasteiger partial charge in [-0.3, -0.25) is 4.98 Å². The first kappa shape index (κ1) is 10.6. The van der Waals surface area contributed by atoms with Crippen LogP contribution < -0.4 is 0 Å². The van der Waals surface area contributed by atoms with Crippen LogP contribution in [0.5, 0.6) is 0 Å². The number of thiocarbonyl (C=S) groups is 1. The van der Waals surface area contributed by atoms with Crippen molar-refractivity contribution in [1.29, 1.82) is 0 Å². The van der Waals surface area contributed by atoms with Gasteiger partial charge in [0.2, 0.25) is 0 Å². The predicted molar refractivity (Wildman–Crippen MR) is 50.3 cm³/mol. The maximum absolute atomic E-state index is 8.72. The Labute approximate surface area is 82.8 Å². The van der Waals surface area contributed by atoms with Crippen molar-refractivity contribution in [3.8, 4) is 0 Å². The van der Waals surface area contributed by atoms with Crippen LogP contribution in [-0.4, -0.2) is 34.0 Å². The first-order valence-corrected chi connectivity index (χ1v) is 3.30. The number of hydrogen-bond acceptors (Lipinski definition) is 2. The average Bonchev–Trinajstić information content (AvgIpc) is 1.88. The van der Waals surface area contributed by atoms with Gasteiger partial charge in [-0.15, -0.1) is 0 Å². The molecule has 0 atom stereocenters. The van der Waals surface area contributed by atoms with Crippen molar-refractivity contribution >= 4 is 36.1 Å². The van der Waals surface area contributed by atoms with Crippen LogP contribution in [0.15, 0.2) is 24.5 Å². The average molecular weight is 161 g/mol. The number of aromatic nitrogens is 1. The molecule has 0 radical (unpaired) electrons. The molecule has 0 aliphatic heterocycles. The van der Waals surface area contributed by atoms with Crippen LogP contribution in [0.1, 0.15) is 5.56 Å². The van der Waals surface area contributed by atoms with Gasteiger partial charge in [-0.05, 0) is 29.9 Å². The summed E-state index contributed by atoms with van der Waals surface area (Å²) in [5.41, 5.74) is 0.988. The van der Waals surface area contributed by atoms with E-state index in [9.17, 15) is 0 Å². The van der Waals surface area contributed by atoms with Gasteiger partial charge in [0.15, 0.2) is 5.05 Å². The topological polar surface area (TPSA) is 33.1 Å². The summed E-state index contributed by atoms with van der Waals surface area (Å²) in [4.78, 5) is 3.83. The van der Waals surface area contributed by atoms with Crippen molar-refractivity contribution in [2.24, 2.45) is 0 Å². The number of aliphatic hydroxyl groups excluding tert-OH is 1. The molecule has 1 heterocycles. The van der Waals surface area contributed by atoms with E-state index in [1.807, 2.05) is 12.1 Å². The molecule has 0 spiro atoms. The van der Waals surface area contributed by atoms with Crippen LogP contribution in [0, 0.1) is 0 Å². The second-order valence-corrected chi connectivity index (χ2v) is 2.40. The molecule has 54 valence electrons. The number of aliphatic hydroxyl groups is 1. The molecule has 0 fully saturated rings. The van der Waals surface area contributed by atoms with Gasteiger partial charge in [0.1, 0.15) is 0 Å². The zero-order valence-corrected chi connectivity index (χ0v) is 6.14. The van der Waals surface area contributed by atoms with E-state index in [0.29, 0.717) is 6.42 Å². The van der Waals surface area contributed by atoms with Crippen molar-refractivity contribution in [1.82, 2.24) is 4.98 Å². The molecule has 11 heavy (non-hydrogen) atoms. The van der Waals surface area contributed by atoms with Gasteiger partial charge in [0.05, 0.1) is 0 Å². The molecule has 4 heteroatoms. The fourth-order valence-electron chi connectivity index (χ4n) is 0.675. The SMILES string of the molecule is OC(=S)Cc1ccncc1.[LiH]. The summed E-state index contributed by atoms with van der Waals surface area (Å²) in [7, 11) is 0. The van der Waals surface area contributed by atoms with Gasteiger partial charge in [-0.25, -0.2) is 0 Å². The molecular weight excluding hydrogens is 153 g/mol. The molecular formula is C7H8LiNOS. The Morgan fingerprint density at radius 1 is 1.45 bits per heavy atom. The molecule has 1 rings (SSSR count). The van der Waals surface area contributed by atoms with Crippen molar-refractivity contribution in [3.63, 3.8) is 0 Å². The van der Waals surface area contributed by atoms with Gasteiger partial charge in [-0.1, -0.05) is 0 Å². The van der Waals surface area contributed by atoms with E-state index in [2.05, 4.69) is 17.2 Å². The minimum atomic E-state index is 0. The van der Waals surface area contributed by atoms with Crippen molar-refractivity contribution in [2.75, 3.05) is 0 Å². The Balaban J connectivity index is 0.000001000. The summed E-state index contributed by atoms with van der Waals surface area (Å²) < 4.78 is 0. The maximum atomic E-state index is 8.72. The number of rotatable bonds is 2. The standard InChI is InChI=1S/C7H7NOS.Li.H/c9-7(10)5-6-1-3-8-4-2-6;;/h1-4H,5H2,(H,9,10);;. The van der Waals surface area contributed by atoms with Gasteiger partial charge < -0.3 is 5.11 Å². The molecule has 0 saturated heterocycles. The molecule has 1 aromatic heterocycles. The van der Waals surface area contributed by atoms with E-state index in [0.717, 1.165) is 5.56 Å². The van der Waals surface area contributed by atoms with Crippen LogP contribution in [0.2, 0.25) is 0 Å². The first-order chi connectivity index (χ1) is 4.79. The number of nitrogens with zero attached hydrogens (tertiary/aromatic N) is 1. The summed E-state index contributed by atoms with van der Waals surface area (Å²) in [5, 5.41) is 8.74. The van der Waals surface area contributed by atoms with Gasteiger partial charge in [-0.2, -0.15) is 0 Å². The predicted octanol–water partition coefficient (Wildman–Crippen LogP) is 0.861. The molecule has 1 aromatic rings. The zero-order valence-electron chi connectivity index (χ0n) is 5.32.